The standard InChI is InChI=1S/C12H13NO4/c14-10(9-6-8(7-17-9)11(15)16)13-5-4-12(13)2-1-3-12/h6-7H,1-5H2,(H,15,16). The molecule has 3 rings (SSSR count). The normalized spacial score (nSPS) is 20.8. The summed E-state index contributed by atoms with van der Waals surface area (Å²) in [5.41, 5.74) is 0.0873. The number of rotatable bonds is 2. The summed E-state index contributed by atoms with van der Waals surface area (Å²) < 4.78 is 5.03. The fourth-order valence-electron chi connectivity index (χ4n) is 2.66. The number of hydrogen-bond donors (Lipinski definition) is 1. The van der Waals surface area contributed by atoms with Crippen molar-refractivity contribution in [2.24, 2.45) is 0 Å². The number of hydrogen-bond acceptors (Lipinski definition) is 3. The minimum Gasteiger partial charge on any atom is -0.478 e. The van der Waals surface area contributed by atoms with Crippen molar-refractivity contribution in [3.8, 4) is 0 Å². The predicted octanol–water partition coefficient (Wildman–Crippen LogP) is 1.75. The molecule has 1 saturated carbocycles. The van der Waals surface area contributed by atoms with E-state index in [0.717, 1.165) is 32.1 Å². The average Bonchev–Trinajstić information content (AvgIpc) is 2.61. The molecule has 0 bridgehead atoms. The molecule has 2 fully saturated rings. The van der Waals surface area contributed by atoms with Crippen LogP contribution in [-0.4, -0.2) is 34.0 Å². The van der Waals surface area contributed by atoms with Crippen molar-refractivity contribution in [2.75, 3.05) is 6.54 Å². The van der Waals surface area contributed by atoms with E-state index in [1.54, 1.807) is 0 Å². The number of carboxylic acid groups (broad SMARTS) is 1. The van der Waals surface area contributed by atoms with Gasteiger partial charge in [-0.15, -0.1) is 0 Å². The van der Waals surface area contributed by atoms with Crippen LogP contribution >= 0.6 is 0 Å². The molecule has 1 aromatic heterocycles. The third kappa shape index (κ3) is 1.38. The van der Waals surface area contributed by atoms with Crippen LogP contribution in [0.3, 0.4) is 0 Å². The molecule has 1 aliphatic carbocycles. The lowest BCUT2D eigenvalue weighted by Gasteiger charge is -2.58. The second-order valence-electron chi connectivity index (χ2n) is 4.79. The fraction of sp³-hybridized carbons (Fsp3) is 0.500. The van der Waals surface area contributed by atoms with Crippen LogP contribution in [0, 0.1) is 0 Å². The highest BCUT2D eigenvalue weighted by Gasteiger charge is 2.51. The topological polar surface area (TPSA) is 70.7 Å². The van der Waals surface area contributed by atoms with Crippen molar-refractivity contribution in [1.29, 1.82) is 0 Å². The van der Waals surface area contributed by atoms with Gasteiger partial charge in [-0.2, -0.15) is 0 Å². The first-order chi connectivity index (χ1) is 8.12. The molecule has 5 heteroatoms. The first-order valence-electron chi connectivity index (χ1n) is 5.76. The number of carboxylic acids is 1. The highest BCUT2D eigenvalue weighted by molar-refractivity contribution is 5.96. The van der Waals surface area contributed by atoms with Crippen LogP contribution in [-0.2, 0) is 0 Å². The molecule has 1 spiro atoms. The maximum atomic E-state index is 12.1. The quantitative estimate of drug-likeness (QED) is 0.847. The van der Waals surface area contributed by atoms with Gasteiger partial charge in [0.25, 0.3) is 5.91 Å². The van der Waals surface area contributed by atoms with Crippen LogP contribution in [0.5, 0.6) is 0 Å². The van der Waals surface area contributed by atoms with E-state index in [2.05, 4.69) is 0 Å². The molecule has 5 nitrogen and oxygen atoms in total. The monoisotopic (exact) mass is 235 g/mol. The lowest BCUT2D eigenvalue weighted by atomic mass is 9.68. The van der Waals surface area contributed by atoms with Gasteiger partial charge in [0.05, 0.1) is 5.56 Å². The Morgan fingerprint density at radius 1 is 1.35 bits per heavy atom. The van der Waals surface area contributed by atoms with Gasteiger partial charge < -0.3 is 14.4 Å². The molecule has 2 aliphatic rings. The van der Waals surface area contributed by atoms with Crippen LogP contribution in [0.25, 0.3) is 0 Å². The van der Waals surface area contributed by atoms with Gasteiger partial charge >= 0.3 is 5.97 Å². The Kier molecular flexibility index (Phi) is 2.05. The van der Waals surface area contributed by atoms with Crippen molar-refractivity contribution in [1.82, 2.24) is 4.90 Å². The Hall–Kier alpha value is -1.78. The van der Waals surface area contributed by atoms with Crippen molar-refractivity contribution in [2.45, 2.75) is 31.2 Å². The molecule has 1 aromatic rings. The van der Waals surface area contributed by atoms with Crippen LogP contribution in [0.2, 0.25) is 0 Å². The summed E-state index contributed by atoms with van der Waals surface area (Å²) in [6, 6.07) is 1.30. The van der Waals surface area contributed by atoms with Crippen molar-refractivity contribution < 1.29 is 19.1 Å². The second-order valence-corrected chi connectivity index (χ2v) is 4.79. The Bertz CT molecular complexity index is 481. The second kappa shape index (κ2) is 3.35. The largest absolute Gasteiger partial charge is 0.478 e. The van der Waals surface area contributed by atoms with Gasteiger partial charge in [0, 0.05) is 18.2 Å². The molecule has 17 heavy (non-hydrogen) atoms. The van der Waals surface area contributed by atoms with Crippen molar-refractivity contribution in [3.63, 3.8) is 0 Å². The molecular formula is C12H13NO4. The van der Waals surface area contributed by atoms with Gasteiger partial charge in [0.15, 0.2) is 5.76 Å². The summed E-state index contributed by atoms with van der Waals surface area (Å²) in [6.45, 7) is 0.752. The van der Waals surface area contributed by atoms with Crippen LogP contribution in [0.4, 0.5) is 0 Å². The van der Waals surface area contributed by atoms with Crippen molar-refractivity contribution in [3.05, 3.63) is 23.7 Å². The number of furan rings is 1. The summed E-state index contributed by atoms with van der Waals surface area (Å²) in [7, 11) is 0. The van der Waals surface area contributed by atoms with E-state index < -0.39 is 5.97 Å². The van der Waals surface area contributed by atoms with Gasteiger partial charge in [-0.25, -0.2) is 4.79 Å². The molecule has 1 N–H and O–H groups in total. The lowest BCUT2D eigenvalue weighted by molar-refractivity contribution is -0.0504. The van der Waals surface area contributed by atoms with E-state index in [1.165, 1.54) is 12.5 Å². The summed E-state index contributed by atoms with van der Waals surface area (Å²) >= 11 is 0. The molecule has 90 valence electrons. The molecule has 0 atom stereocenters. The Morgan fingerprint density at radius 3 is 2.53 bits per heavy atom. The SMILES string of the molecule is O=C(O)c1coc(C(=O)N2CCC23CCC3)c1. The fourth-order valence-corrected chi connectivity index (χ4v) is 2.66. The first-order valence-corrected chi connectivity index (χ1v) is 5.76. The average molecular weight is 235 g/mol. The zero-order valence-corrected chi connectivity index (χ0v) is 9.31. The minimum atomic E-state index is -1.07. The van der Waals surface area contributed by atoms with Gasteiger partial charge in [-0.05, 0) is 25.7 Å². The molecule has 0 unspecified atom stereocenters. The molecule has 1 saturated heterocycles. The smallest absolute Gasteiger partial charge is 0.338 e. The van der Waals surface area contributed by atoms with E-state index in [9.17, 15) is 9.59 Å². The van der Waals surface area contributed by atoms with Gasteiger partial charge in [0.2, 0.25) is 0 Å². The number of carbonyl (C=O) groups excluding carboxylic acids is 1. The van der Waals surface area contributed by atoms with E-state index >= 15 is 0 Å². The van der Waals surface area contributed by atoms with E-state index in [0.29, 0.717) is 0 Å². The van der Waals surface area contributed by atoms with E-state index in [-0.39, 0.29) is 22.8 Å². The zero-order chi connectivity index (χ0) is 12.0. The maximum Gasteiger partial charge on any atom is 0.338 e. The molecule has 0 aromatic carbocycles. The third-order valence-corrected chi connectivity index (χ3v) is 3.96. The van der Waals surface area contributed by atoms with E-state index in [4.69, 9.17) is 9.52 Å². The van der Waals surface area contributed by atoms with Crippen molar-refractivity contribution >= 4 is 11.9 Å². The number of aromatic carboxylic acids is 1. The number of likely N-dealkylation sites (tertiary alicyclic amines) is 1. The first kappa shape index (κ1) is 10.4. The number of carbonyl (C=O) groups is 2. The Balaban J connectivity index is 1.79. The van der Waals surface area contributed by atoms with Gasteiger partial charge in [-0.1, -0.05) is 0 Å². The van der Waals surface area contributed by atoms with Crippen LogP contribution in [0.15, 0.2) is 16.7 Å². The highest BCUT2D eigenvalue weighted by Crippen LogP contribution is 2.47. The van der Waals surface area contributed by atoms with Crippen LogP contribution < -0.4 is 0 Å². The lowest BCUT2D eigenvalue weighted by Crippen LogP contribution is -2.65. The third-order valence-electron chi connectivity index (χ3n) is 3.96. The molecule has 1 amide bonds. The molecular weight excluding hydrogens is 222 g/mol. The minimum absolute atomic E-state index is 0.0246. The van der Waals surface area contributed by atoms with Crippen LogP contribution in [0.1, 0.15) is 46.6 Å². The Labute approximate surface area is 98.0 Å². The van der Waals surface area contributed by atoms with Gasteiger partial charge in [0.1, 0.15) is 6.26 Å². The summed E-state index contributed by atoms with van der Waals surface area (Å²) in [5.74, 6) is -1.12. The summed E-state index contributed by atoms with van der Waals surface area (Å²) in [5, 5.41) is 8.76. The number of amides is 1. The molecule has 2 heterocycles. The maximum absolute atomic E-state index is 12.1. The zero-order valence-electron chi connectivity index (χ0n) is 9.31. The molecule has 0 radical (unpaired) electrons. The Morgan fingerprint density at radius 2 is 2.12 bits per heavy atom. The number of nitrogens with zero attached hydrogens (tertiary/aromatic N) is 1. The predicted molar refractivity (Wildman–Crippen MR) is 57.9 cm³/mol. The summed E-state index contributed by atoms with van der Waals surface area (Å²) in [6.07, 6.45) is 5.47. The summed E-state index contributed by atoms with van der Waals surface area (Å²) in [4.78, 5) is 24.6. The van der Waals surface area contributed by atoms with Gasteiger partial charge in [-0.3, -0.25) is 4.79 Å². The highest BCUT2D eigenvalue weighted by atomic mass is 16.4. The van der Waals surface area contributed by atoms with E-state index in [1.807, 2.05) is 4.90 Å². The molecule has 1 aliphatic heterocycles.